The van der Waals surface area contributed by atoms with Crippen molar-refractivity contribution in [2.75, 3.05) is 26.7 Å². The van der Waals surface area contributed by atoms with Gasteiger partial charge in [-0.2, -0.15) is 0 Å². The van der Waals surface area contributed by atoms with Gasteiger partial charge < -0.3 is 15.0 Å². The van der Waals surface area contributed by atoms with E-state index in [4.69, 9.17) is 4.74 Å². The van der Waals surface area contributed by atoms with Crippen LogP contribution in [-0.2, 0) is 14.3 Å². The Hall–Kier alpha value is -1.10. The van der Waals surface area contributed by atoms with Gasteiger partial charge in [-0.1, -0.05) is 6.92 Å². The molecule has 0 heterocycles. The van der Waals surface area contributed by atoms with Crippen molar-refractivity contribution in [3.63, 3.8) is 0 Å². The van der Waals surface area contributed by atoms with Crippen LogP contribution < -0.4 is 5.32 Å². The molecule has 1 aliphatic carbocycles. The Morgan fingerprint density at radius 1 is 1.47 bits per heavy atom. The van der Waals surface area contributed by atoms with Crippen molar-refractivity contribution in [1.29, 1.82) is 0 Å². The van der Waals surface area contributed by atoms with E-state index in [1.165, 1.54) is 0 Å². The average molecular weight is 242 g/mol. The summed E-state index contributed by atoms with van der Waals surface area (Å²) in [6.07, 6.45) is 1.99. The third kappa shape index (κ3) is 4.34. The van der Waals surface area contributed by atoms with Gasteiger partial charge in [-0.05, 0) is 26.8 Å². The maximum atomic E-state index is 12.1. The standard InChI is InChI=1S/C12H22N2O3/c1-4-17-11(15)8-14(10-5-6-10)12(16)9(2)7-13-3/h9-10,13H,4-8H2,1-3H3. The Balaban J connectivity index is 2.53. The van der Waals surface area contributed by atoms with E-state index in [1.807, 2.05) is 14.0 Å². The highest BCUT2D eigenvalue weighted by Gasteiger charge is 2.35. The predicted octanol–water partition coefficient (Wildman–Crippen LogP) is 0.396. The van der Waals surface area contributed by atoms with Gasteiger partial charge in [0.25, 0.3) is 0 Å². The summed E-state index contributed by atoms with van der Waals surface area (Å²) >= 11 is 0. The highest BCUT2D eigenvalue weighted by Crippen LogP contribution is 2.27. The minimum Gasteiger partial charge on any atom is -0.465 e. The van der Waals surface area contributed by atoms with E-state index in [0.29, 0.717) is 13.2 Å². The maximum Gasteiger partial charge on any atom is 0.325 e. The molecule has 5 heteroatoms. The Morgan fingerprint density at radius 3 is 2.59 bits per heavy atom. The molecule has 1 fully saturated rings. The second-order valence-electron chi connectivity index (χ2n) is 4.46. The first-order valence-electron chi connectivity index (χ1n) is 6.20. The normalized spacial score (nSPS) is 16.4. The SMILES string of the molecule is CCOC(=O)CN(C(=O)C(C)CNC)C1CC1. The van der Waals surface area contributed by atoms with Gasteiger partial charge in [0.15, 0.2) is 0 Å². The fraction of sp³-hybridized carbons (Fsp3) is 0.833. The van der Waals surface area contributed by atoms with Crippen LogP contribution in [-0.4, -0.2) is 49.6 Å². The van der Waals surface area contributed by atoms with Gasteiger partial charge in [0.1, 0.15) is 6.54 Å². The third-order valence-corrected chi connectivity index (χ3v) is 2.81. The molecule has 1 unspecified atom stereocenters. The maximum absolute atomic E-state index is 12.1. The molecule has 17 heavy (non-hydrogen) atoms. The van der Waals surface area contributed by atoms with Crippen molar-refractivity contribution in [3.05, 3.63) is 0 Å². The van der Waals surface area contributed by atoms with E-state index < -0.39 is 0 Å². The van der Waals surface area contributed by atoms with Crippen molar-refractivity contribution < 1.29 is 14.3 Å². The molecule has 98 valence electrons. The number of nitrogens with zero attached hydrogens (tertiary/aromatic N) is 1. The number of carbonyl (C=O) groups is 2. The Kier molecular flexibility index (Phi) is 5.41. The summed E-state index contributed by atoms with van der Waals surface area (Å²) in [4.78, 5) is 25.2. The molecule has 1 rings (SSSR count). The summed E-state index contributed by atoms with van der Waals surface area (Å²) < 4.78 is 4.89. The molecule has 0 aromatic rings. The first-order valence-corrected chi connectivity index (χ1v) is 6.20. The Bertz CT molecular complexity index is 277. The molecule has 1 saturated carbocycles. The lowest BCUT2D eigenvalue weighted by Crippen LogP contribution is -2.43. The van der Waals surface area contributed by atoms with E-state index in [0.717, 1.165) is 12.8 Å². The number of hydrogen-bond donors (Lipinski definition) is 1. The summed E-state index contributed by atoms with van der Waals surface area (Å²) in [6, 6.07) is 0.242. The van der Waals surface area contributed by atoms with Gasteiger partial charge >= 0.3 is 5.97 Å². The molecular weight excluding hydrogens is 220 g/mol. The zero-order valence-corrected chi connectivity index (χ0v) is 10.9. The van der Waals surface area contributed by atoms with E-state index in [9.17, 15) is 9.59 Å². The average Bonchev–Trinajstić information content (AvgIpc) is 3.09. The largest absolute Gasteiger partial charge is 0.465 e. The van der Waals surface area contributed by atoms with Crippen LogP contribution in [0.3, 0.4) is 0 Å². The van der Waals surface area contributed by atoms with Crippen molar-refractivity contribution in [3.8, 4) is 0 Å². The van der Waals surface area contributed by atoms with Gasteiger partial charge in [0.2, 0.25) is 5.91 Å². The first kappa shape index (κ1) is 14.0. The Morgan fingerprint density at radius 2 is 2.12 bits per heavy atom. The highest BCUT2D eigenvalue weighted by atomic mass is 16.5. The number of carbonyl (C=O) groups excluding carboxylic acids is 2. The zero-order chi connectivity index (χ0) is 12.8. The monoisotopic (exact) mass is 242 g/mol. The molecule has 1 aliphatic rings. The van der Waals surface area contributed by atoms with Crippen molar-refractivity contribution in [2.45, 2.75) is 32.7 Å². The van der Waals surface area contributed by atoms with Crippen LogP contribution in [0.15, 0.2) is 0 Å². The van der Waals surface area contributed by atoms with Crippen LogP contribution in [0.25, 0.3) is 0 Å². The van der Waals surface area contributed by atoms with E-state index in [1.54, 1.807) is 11.8 Å². The molecule has 0 aliphatic heterocycles. The first-order chi connectivity index (χ1) is 8.10. The van der Waals surface area contributed by atoms with Crippen LogP contribution >= 0.6 is 0 Å². The molecule has 1 amide bonds. The quantitative estimate of drug-likeness (QED) is 0.656. The zero-order valence-electron chi connectivity index (χ0n) is 10.9. The summed E-state index contributed by atoms with van der Waals surface area (Å²) in [5, 5.41) is 2.98. The number of ether oxygens (including phenoxy) is 1. The molecule has 1 atom stereocenters. The molecule has 1 N–H and O–H groups in total. The molecule has 0 aromatic carbocycles. The molecule has 0 spiro atoms. The van der Waals surface area contributed by atoms with Crippen LogP contribution in [0.2, 0.25) is 0 Å². The lowest BCUT2D eigenvalue weighted by Gasteiger charge is -2.24. The fourth-order valence-corrected chi connectivity index (χ4v) is 1.80. The number of rotatable bonds is 7. The smallest absolute Gasteiger partial charge is 0.325 e. The minimum absolute atomic E-state index is 0.0369. The fourth-order valence-electron chi connectivity index (χ4n) is 1.80. The van der Waals surface area contributed by atoms with Gasteiger partial charge in [0.05, 0.1) is 6.61 Å². The highest BCUT2D eigenvalue weighted by molar-refractivity contribution is 5.84. The molecule has 0 aromatic heterocycles. The number of hydrogen-bond acceptors (Lipinski definition) is 4. The summed E-state index contributed by atoms with van der Waals surface area (Å²) in [5.41, 5.74) is 0. The number of nitrogens with one attached hydrogen (secondary N) is 1. The van der Waals surface area contributed by atoms with Gasteiger partial charge in [-0.3, -0.25) is 9.59 Å². The number of amides is 1. The van der Waals surface area contributed by atoms with E-state index in [-0.39, 0.29) is 30.4 Å². The van der Waals surface area contributed by atoms with Crippen molar-refractivity contribution >= 4 is 11.9 Å². The summed E-state index contributed by atoms with van der Waals surface area (Å²) in [5.74, 6) is -0.380. The van der Waals surface area contributed by atoms with Crippen LogP contribution in [0, 0.1) is 5.92 Å². The molecular formula is C12H22N2O3. The van der Waals surface area contributed by atoms with Crippen LogP contribution in [0.4, 0.5) is 0 Å². The molecule has 0 saturated heterocycles. The third-order valence-electron chi connectivity index (χ3n) is 2.81. The molecule has 0 bridgehead atoms. The molecule has 5 nitrogen and oxygen atoms in total. The van der Waals surface area contributed by atoms with E-state index >= 15 is 0 Å². The minimum atomic E-state index is -0.315. The van der Waals surface area contributed by atoms with Gasteiger partial charge in [-0.25, -0.2) is 0 Å². The topological polar surface area (TPSA) is 58.6 Å². The van der Waals surface area contributed by atoms with Crippen LogP contribution in [0.5, 0.6) is 0 Å². The Labute approximate surface area is 102 Å². The molecule has 0 radical (unpaired) electrons. The lowest BCUT2D eigenvalue weighted by molar-refractivity contribution is -0.150. The van der Waals surface area contributed by atoms with E-state index in [2.05, 4.69) is 5.32 Å². The lowest BCUT2D eigenvalue weighted by atomic mass is 10.1. The van der Waals surface area contributed by atoms with Crippen LogP contribution in [0.1, 0.15) is 26.7 Å². The van der Waals surface area contributed by atoms with Gasteiger partial charge in [-0.15, -0.1) is 0 Å². The van der Waals surface area contributed by atoms with Crippen molar-refractivity contribution in [1.82, 2.24) is 10.2 Å². The summed E-state index contributed by atoms with van der Waals surface area (Å²) in [6.45, 7) is 4.72. The predicted molar refractivity (Wildman–Crippen MR) is 64.5 cm³/mol. The van der Waals surface area contributed by atoms with Crippen molar-refractivity contribution in [2.24, 2.45) is 5.92 Å². The second kappa shape index (κ2) is 6.59. The number of esters is 1. The second-order valence-corrected chi connectivity index (χ2v) is 4.46. The van der Waals surface area contributed by atoms with Gasteiger partial charge in [0, 0.05) is 18.5 Å². The summed E-state index contributed by atoms with van der Waals surface area (Å²) in [7, 11) is 1.82.